The van der Waals surface area contributed by atoms with E-state index in [1.54, 1.807) is 18.3 Å². The average Bonchev–Trinajstić information content (AvgIpc) is 2.76. The van der Waals surface area contributed by atoms with Gasteiger partial charge in [-0.15, -0.1) is 24.5 Å². The third-order valence-corrected chi connectivity index (χ3v) is 3.99. The first-order valence-corrected chi connectivity index (χ1v) is 6.78. The fourth-order valence-corrected chi connectivity index (χ4v) is 2.59. The zero-order valence-electron chi connectivity index (χ0n) is 8.87. The molecule has 7 heteroatoms. The van der Waals surface area contributed by atoms with Crippen LogP contribution in [-0.2, 0) is 5.33 Å². The molecule has 0 bridgehead atoms. The maximum atomic E-state index is 12.0. The van der Waals surface area contributed by atoms with Gasteiger partial charge in [-0.2, -0.15) is 0 Å². The maximum absolute atomic E-state index is 12.0. The molecule has 0 unspecified atom stereocenters. The topological polar surface area (TPSA) is 22.1 Å². The Balaban J connectivity index is 2.17. The minimum absolute atomic E-state index is 0.225. The van der Waals surface area contributed by atoms with Crippen molar-refractivity contribution in [3.8, 4) is 16.2 Å². The molecule has 1 heterocycles. The van der Waals surface area contributed by atoms with Crippen molar-refractivity contribution in [3.63, 3.8) is 0 Å². The molecule has 0 amide bonds. The third kappa shape index (κ3) is 3.46. The van der Waals surface area contributed by atoms with E-state index < -0.39 is 6.36 Å². The van der Waals surface area contributed by atoms with Crippen molar-refractivity contribution in [1.29, 1.82) is 0 Å². The van der Waals surface area contributed by atoms with Crippen LogP contribution < -0.4 is 4.74 Å². The predicted molar refractivity (Wildman–Crippen MR) is 66.9 cm³/mol. The van der Waals surface area contributed by atoms with Crippen molar-refractivity contribution >= 4 is 27.3 Å². The molecule has 0 aliphatic carbocycles. The van der Waals surface area contributed by atoms with E-state index in [9.17, 15) is 13.2 Å². The summed E-state index contributed by atoms with van der Waals surface area (Å²) < 4.78 is 39.7. The monoisotopic (exact) mass is 337 g/mol. The summed E-state index contributed by atoms with van der Waals surface area (Å²) in [6.45, 7) is 0. The Bertz CT molecular complexity index is 524. The SMILES string of the molecule is FC(F)(F)Oc1ccc(-c2cnc(CBr)s2)cc1. The van der Waals surface area contributed by atoms with Gasteiger partial charge in [-0.25, -0.2) is 4.98 Å². The van der Waals surface area contributed by atoms with Gasteiger partial charge in [0.05, 0.1) is 10.2 Å². The fourth-order valence-electron chi connectivity index (χ4n) is 1.33. The van der Waals surface area contributed by atoms with Gasteiger partial charge in [0.15, 0.2) is 0 Å². The Morgan fingerprint density at radius 2 is 1.89 bits per heavy atom. The van der Waals surface area contributed by atoms with Crippen molar-refractivity contribution in [2.75, 3.05) is 0 Å². The van der Waals surface area contributed by atoms with Crippen LogP contribution >= 0.6 is 27.3 Å². The van der Waals surface area contributed by atoms with Crippen LogP contribution in [0.25, 0.3) is 10.4 Å². The average molecular weight is 338 g/mol. The largest absolute Gasteiger partial charge is 0.573 e. The van der Waals surface area contributed by atoms with Gasteiger partial charge in [0, 0.05) is 6.20 Å². The summed E-state index contributed by atoms with van der Waals surface area (Å²) in [6, 6.07) is 5.73. The van der Waals surface area contributed by atoms with E-state index in [2.05, 4.69) is 25.7 Å². The predicted octanol–water partition coefficient (Wildman–Crippen LogP) is 4.60. The molecule has 0 aliphatic rings. The summed E-state index contributed by atoms with van der Waals surface area (Å²) in [5, 5.41) is 1.58. The number of nitrogens with zero attached hydrogens (tertiary/aromatic N) is 1. The lowest BCUT2D eigenvalue weighted by Crippen LogP contribution is -2.16. The Hall–Kier alpha value is -1.08. The second-order valence-electron chi connectivity index (χ2n) is 3.32. The van der Waals surface area contributed by atoms with Gasteiger partial charge in [-0.1, -0.05) is 15.9 Å². The summed E-state index contributed by atoms with van der Waals surface area (Å²) in [7, 11) is 0. The maximum Gasteiger partial charge on any atom is 0.573 e. The molecule has 2 nitrogen and oxygen atoms in total. The van der Waals surface area contributed by atoms with Crippen molar-refractivity contribution in [2.45, 2.75) is 11.7 Å². The van der Waals surface area contributed by atoms with Crippen molar-refractivity contribution < 1.29 is 17.9 Å². The Kier molecular flexibility index (Phi) is 3.91. The van der Waals surface area contributed by atoms with E-state index >= 15 is 0 Å². The van der Waals surface area contributed by atoms with Crippen LogP contribution in [0.2, 0.25) is 0 Å². The van der Waals surface area contributed by atoms with Crippen LogP contribution in [0.5, 0.6) is 5.75 Å². The number of thiazole rings is 1. The third-order valence-electron chi connectivity index (χ3n) is 2.04. The number of halogens is 4. The molecule has 0 radical (unpaired) electrons. The van der Waals surface area contributed by atoms with E-state index in [-0.39, 0.29) is 5.75 Å². The summed E-state index contributed by atoms with van der Waals surface area (Å²) in [4.78, 5) is 5.06. The highest BCUT2D eigenvalue weighted by Gasteiger charge is 2.30. The zero-order chi connectivity index (χ0) is 13.2. The van der Waals surface area contributed by atoms with E-state index in [0.29, 0.717) is 5.33 Å². The molecule has 0 atom stereocenters. The summed E-state index contributed by atoms with van der Waals surface area (Å²) in [5.41, 5.74) is 0.814. The van der Waals surface area contributed by atoms with Gasteiger partial charge in [-0.3, -0.25) is 0 Å². The van der Waals surface area contributed by atoms with Gasteiger partial charge in [0.1, 0.15) is 10.8 Å². The molecule has 0 spiro atoms. The van der Waals surface area contributed by atoms with Crippen molar-refractivity contribution in [2.24, 2.45) is 0 Å². The molecule has 2 rings (SSSR count). The first-order chi connectivity index (χ1) is 8.48. The second kappa shape index (κ2) is 5.27. The minimum Gasteiger partial charge on any atom is -0.406 e. The number of aromatic nitrogens is 1. The number of benzene rings is 1. The standard InChI is InChI=1S/C11H7BrF3NOS/c12-5-10-16-6-9(18-10)7-1-3-8(4-2-7)17-11(13,14)15/h1-4,6H,5H2. The summed E-state index contributed by atoms with van der Waals surface area (Å²) in [5.74, 6) is -0.225. The van der Waals surface area contributed by atoms with Crippen LogP contribution in [0.3, 0.4) is 0 Å². The Labute approximate surface area is 114 Å². The minimum atomic E-state index is -4.66. The molecule has 0 N–H and O–H groups in total. The molecule has 1 aromatic carbocycles. The van der Waals surface area contributed by atoms with Gasteiger partial charge < -0.3 is 4.74 Å². The zero-order valence-corrected chi connectivity index (χ0v) is 11.3. The summed E-state index contributed by atoms with van der Waals surface area (Å²) >= 11 is 4.77. The molecule has 96 valence electrons. The molecular weight excluding hydrogens is 331 g/mol. The van der Waals surface area contributed by atoms with E-state index in [0.717, 1.165) is 15.4 Å². The Morgan fingerprint density at radius 3 is 2.39 bits per heavy atom. The van der Waals surface area contributed by atoms with E-state index in [1.807, 2.05) is 0 Å². The molecule has 0 saturated carbocycles. The lowest BCUT2D eigenvalue weighted by molar-refractivity contribution is -0.274. The van der Waals surface area contributed by atoms with Crippen molar-refractivity contribution in [3.05, 3.63) is 35.5 Å². The van der Waals surface area contributed by atoms with Crippen LogP contribution in [0.4, 0.5) is 13.2 Å². The lowest BCUT2D eigenvalue weighted by Gasteiger charge is -2.08. The van der Waals surface area contributed by atoms with E-state index in [1.165, 1.54) is 23.5 Å². The number of hydrogen-bond donors (Lipinski definition) is 0. The number of rotatable bonds is 3. The number of alkyl halides is 4. The van der Waals surface area contributed by atoms with Crippen LogP contribution in [0, 0.1) is 0 Å². The molecule has 2 aromatic rings. The quantitative estimate of drug-likeness (QED) is 0.763. The molecule has 1 aromatic heterocycles. The Morgan fingerprint density at radius 1 is 1.22 bits per heavy atom. The lowest BCUT2D eigenvalue weighted by atomic mass is 10.2. The van der Waals surface area contributed by atoms with Gasteiger partial charge in [-0.05, 0) is 29.8 Å². The first kappa shape index (κ1) is 13.4. The molecule has 18 heavy (non-hydrogen) atoms. The summed E-state index contributed by atoms with van der Waals surface area (Å²) in [6.07, 6.45) is -2.96. The highest BCUT2D eigenvalue weighted by molar-refractivity contribution is 9.08. The molecular formula is C11H7BrF3NOS. The number of ether oxygens (including phenoxy) is 1. The van der Waals surface area contributed by atoms with E-state index in [4.69, 9.17) is 0 Å². The van der Waals surface area contributed by atoms with Gasteiger partial charge in [0.25, 0.3) is 0 Å². The molecule has 0 aliphatic heterocycles. The second-order valence-corrected chi connectivity index (χ2v) is 5.00. The van der Waals surface area contributed by atoms with Crippen LogP contribution in [0.15, 0.2) is 30.5 Å². The molecule has 0 saturated heterocycles. The van der Waals surface area contributed by atoms with Crippen molar-refractivity contribution in [1.82, 2.24) is 4.98 Å². The first-order valence-electron chi connectivity index (χ1n) is 4.85. The van der Waals surface area contributed by atoms with Crippen LogP contribution in [-0.4, -0.2) is 11.3 Å². The normalized spacial score (nSPS) is 11.6. The highest BCUT2D eigenvalue weighted by Crippen LogP contribution is 2.30. The number of hydrogen-bond acceptors (Lipinski definition) is 3. The molecule has 0 fully saturated rings. The van der Waals surface area contributed by atoms with Gasteiger partial charge in [0.2, 0.25) is 0 Å². The highest BCUT2D eigenvalue weighted by atomic mass is 79.9. The van der Waals surface area contributed by atoms with Crippen LogP contribution in [0.1, 0.15) is 5.01 Å². The fraction of sp³-hybridized carbons (Fsp3) is 0.182. The smallest absolute Gasteiger partial charge is 0.406 e. The van der Waals surface area contributed by atoms with Gasteiger partial charge >= 0.3 is 6.36 Å².